The Hall–Kier alpha value is -3.61. The quantitative estimate of drug-likeness (QED) is 0.616. The standard InChI is InChI=1S/C28H30FN3O3/c1-19-3-2-4-20(17-19)18-30-27(35)31-15-13-28(14-16-31)25(21-5-11-24(33)12-6-21)32(26(28)34)23-9-7-22(29)8-10-23/h2,4-12,17,19,25,33H,3,13-16,18H2,1H3,(H,30,35). The highest BCUT2D eigenvalue weighted by Gasteiger charge is 2.62. The van der Waals surface area contributed by atoms with Crippen LogP contribution in [0.2, 0.25) is 0 Å². The summed E-state index contributed by atoms with van der Waals surface area (Å²) >= 11 is 0. The zero-order valence-electron chi connectivity index (χ0n) is 19.8. The van der Waals surface area contributed by atoms with E-state index in [1.54, 1.807) is 34.1 Å². The zero-order valence-corrected chi connectivity index (χ0v) is 19.8. The largest absolute Gasteiger partial charge is 0.508 e. The van der Waals surface area contributed by atoms with Gasteiger partial charge in [0.05, 0.1) is 11.5 Å². The zero-order chi connectivity index (χ0) is 24.6. The first-order valence-electron chi connectivity index (χ1n) is 12.2. The lowest BCUT2D eigenvalue weighted by Crippen LogP contribution is -2.67. The molecule has 2 aromatic rings. The van der Waals surface area contributed by atoms with Gasteiger partial charge in [0, 0.05) is 25.3 Å². The number of benzene rings is 2. The number of nitrogens with zero attached hydrogens (tertiary/aromatic N) is 2. The molecule has 7 heteroatoms. The molecule has 2 fully saturated rings. The van der Waals surface area contributed by atoms with Crippen LogP contribution in [-0.2, 0) is 4.79 Å². The molecule has 2 aliphatic heterocycles. The minimum Gasteiger partial charge on any atom is -0.508 e. The van der Waals surface area contributed by atoms with Gasteiger partial charge in [0.15, 0.2) is 0 Å². The van der Waals surface area contributed by atoms with Crippen molar-refractivity contribution in [3.05, 3.63) is 83.7 Å². The Morgan fingerprint density at radius 2 is 1.80 bits per heavy atom. The van der Waals surface area contributed by atoms with Crippen LogP contribution in [0, 0.1) is 17.2 Å². The van der Waals surface area contributed by atoms with E-state index in [4.69, 9.17) is 0 Å². The maximum Gasteiger partial charge on any atom is 0.317 e. The summed E-state index contributed by atoms with van der Waals surface area (Å²) in [6, 6.07) is 12.5. The number of hydrogen-bond donors (Lipinski definition) is 2. The second-order valence-electron chi connectivity index (χ2n) is 9.80. The number of aromatic hydroxyl groups is 1. The molecule has 2 aromatic carbocycles. The molecule has 3 amide bonds. The van der Waals surface area contributed by atoms with Gasteiger partial charge >= 0.3 is 6.03 Å². The van der Waals surface area contributed by atoms with Gasteiger partial charge in [-0.2, -0.15) is 0 Å². The molecule has 3 aliphatic rings. The predicted molar refractivity (Wildman–Crippen MR) is 132 cm³/mol. The Morgan fingerprint density at radius 3 is 2.46 bits per heavy atom. The Labute approximate surface area is 204 Å². The minimum atomic E-state index is -0.633. The van der Waals surface area contributed by atoms with Crippen LogP contribution in [0.25, 0.3) is 0 Å². The number of nitrogens with one attached hydrogen (secondary N) is 1. The van der Waals surface area contributed by atoms with Crippen LogP contribution in [0.5, 0.6) is 5.75 Å². The maximum atomic E-state index is 13.6. The molecular weight excluding hydrogens is 445 g/mol. The van der Waals surface area contributed by atoms with Gasteiger partial charge in [0.2, 0.25) is 5.91 Å². The summed E-state index contributed by atoms with van der Waals surface area (Å²) in [6.07, 6.45) is 8.49. The normalized spacial score (nSPS) is 23.1. The molecule has 0 bridgehead atoms. The lowest BCUT2D eigenvalue weighted by atomic mass is 9.62. The highest BCUT2D eigenvalue weighted by atomic mass is 19.1. The van der Waals surface area contributed by atoms with E-state index in [2.05, 4.69) is 30.5 Å². The third-order valence-electron chi connectivity index (χ3n) is 7.46. The number of piperidine rings is 1. The first-order chi connectivity index (χ1) is 16.9. The fourth-order valence-electron chi connectivity index (χ4n) is 5.57. The summed E-state index contributed by atoms with van der Waals surface area (Å²) in [4.78, 5) is 29.9. The average Bonchev–Trinajstić information content (AvgIpc) is 2.87. The SMILES string of the molecule is CC1C=C(CNC(=O)N2CCC3(CC2)C(=O)N(c2ccc(F)cc2)C3c2ccc(O)cc2)C=CC1. The molecule has 0 saturated carbocycles. The van der Waals surface area contributed by atoms with E-state index >= 15 is 0 Å². The number of hydrogen-bond acceptors (Lipinski definition) is 3. The van der Waals surface area contributed by atoms with Crippen LogP contribution in [0.15, 0.2) is 72.3 Å². The molecule has 2 N–H and O–H groups in total. The molecule has 6 nitrogen and oxygen atoms in total. The Bertz CT molecular complexity index is 1160. The number of phenolic OH excluding ortho intramolecular Hbond substituents is 1. The van der Waals surface area contributed by atoms with E-state index in [1.165, 1.54) is 12.1 Å². The van der Waals surface area contributed by atoms with Crippen molar-refractivity contribution in [2.45, 2.75) is 32.2 Å². The van der Waals surface area contributed by atoms with E-state index in [9.17, 15) is 19.1 Å². The topological polar surface area (TPSA) is 72.9 Å². The fourth-order valence-corrected chi connectivity index (χ4v) is 5.57. The number of phenols is 1. The van der Waals surface area contributed by atoms with Crippen molar-refractivity contribution < 1.29 is 19.1 Å². The molecule has 2 atom stereocenters. The highest BCUT2D eigenvalue weighted by molar-refractivity contribution is 6.06. The summed E-state index contributed by atoms with van der Waals surface area (Å²) in [5.74, 6) is 0.275. The number of carbonyl (C=O) groups is 2. The predicted octanol–water partition coefficient (Wildman–Crippen LogP) is 4.93. The third-order valence-corrected chi connectivity index (χ3v) is 7.46. The number of halogens is 1. The minimum absolute atomic E-state index is 0.00581. The van der Waals surface area contributed by atoms with Gasteiger partial charge in [0.25, 0.3) is 0 Å². The van der Waals surface area contributed by atoms with Crippen LogP contribution in [0.1, 0.15) is 37.8 Å². The lowest BCUT2D eigenvalue weighted by molar-refractivity contribution is -0.144. The van der Waals surface area contributed by atoms with E-state index in [0.717, 1.165) is 17.6 Å². The van der Waals surface area contributed by atoms with Crippen LogP contribution < -0.4 is 10.2 Å². The van der Waals surface area contributed by atoms with Crippen LogP contribution in [-0.4, -0.2) is 41.6 Å². The van der Waals surface area contributed by atoms with Crippen molar-refractivity contribution in [3.63, 3.8) is 0 Å². The molecule has 2 unspecified atom stereocenters. The van der Waals surface area contributed by atoms with Gasteiger partial charge in [0.1, 0.15) is 11.6 Å². The number of β-lactam (4-membered cyclic amide) rings is 1. The number of carbonyl (C=O) groups excluding carboxylic acids is 2. The Kier molecular flexibility index (Phi) is 6.09. The molecule has 1 spiro atoms. The molecule has 182 valence electrons. The summed E-state index contributed by atoms with van der Waals surface area (Å²) < 4.78 is 13.5. The van der Waals surface area contributed by atoms with E-state index < -0.39 is 5.41 Å². The monoisotopic (exact) mass is 475 g/mol. The van der Waals surface area contributed by atoms with Crippen LogP contribution >= 0.6 is 0 Å². The molecular formula is C28H30FN3O3. The van der Waals surface area contributed by atoms with Gasteiger partial charge in [-0.25, -0.2) is 9.18 Å². The molecule has 35 heavy (non-hydrogen) atoms. The molecule has 2 saturated heterocycles. The molecule has 0 aromatic heterocycles. The first kappa shape index (κ1) is 23.1. The lowest BCUT2D eigenvalue weighted by Gasteiger charge is -2.59. The van der Waals surface area contributed by atoms with Gasteiger partial charge in [-0.1, -0.05) is 37.3 Å². The molecule has 5 rings (SSSR count). The summed E-state index contributed by atoms with van der Waals surface area (Å²) in [7, 11) is 0. The summed E-state index contributed by atoms with van der Waals surface area (Å²) in [5.41, 5.74) is 2.03. The molecule has 1 aliphatic carbocycles. The van der Waals surface area contributed by atoms with Crippen molar-refractivity contribution in [1.29, 1.82) is 0 Å². The average molecular weight is 476 g/mol. The van der Waals surface area contributed by atoms with E-state index in [1.807, 2.05) is 12.1 Å². The Balaban J connectivity index is 1.31. The van der Waals surface area contributed by atoms with Crippen molar-refractivity contribution >= 4 is 17.6 Å². The van der Waals surface area contributed by atoms with Crippen molar-refractivity contribution in [2.24, 2.45) is 11.3 Å². The van der Waals surface area contributed by atoms with Gasteiger partial charge in [-0.15, -0.1) is 0 Å². The summed E-state index contributed by atoms with van der Waals surface area (Å²) in [6.45, 7) is 3.61. The number of amides is 3. The van der Waals surface area contributed by atoms with Crippen molar-refractivity contribution in [2.75, 3.05) is 24.5 Å². The molecule has 2 heterocycles. The second-order valence-corrected chi connectivity index (χ2v) is 9.80. The smallest absolute Gasteiger partial charge is 0.317 e. The first-order valence-corrected chi connectivity index (χ1v) is 12.2. The number of rotatable bonds is 4. The Morgan fingerprint density at radius 1 is 1.11 bits per heavy atom. The number of urea groups is 1. The number of anilines is 1. The van der Waals surface area contributed by atoms with Crippen LogP contribution in [0.3, 0.4) is 0 Å². The van der Waals surface area contributed by atoms with Crippen LogP contribution in [0.4, 0.5) is 14.9 Å². The number of allylic oxidation sites excluding steroid dienone is 2. The van der Waals surface area contributed by atoms with Gasteiger partial charge in [-0.05, 0) is 72.7 Å². The highest BCUT2D eigenvalue weighted by Crippen LogP contribution is 2.57. The van der Waals surface area contributed by atoms with E-state index in [0.29, 0.717) is 44.1 Å². The van der Waals surface area contributed by atoms with E-state index in [-0.39, 0.29) is 29.5 Å². The fraction of sp³-hybridized carbons (Fsp3) is 0.357. The van der Waals surface area contributed by atoms with Gasteiger partial charge < -0.3 is 20.2 Å². The molecule has 0 radical (unpaired) electrons. The summed E-state index contributed by atoms with van der Waals surface area (Å²) in [5, 5.41) is 12.8. The van der Waals surface area contributed by atoms with Gasteiger partial charge in [-0.3, -0.25) is 4.79 Å². The number of likely N-dealkylation sites (tertiary alicyclic amines) is 1. The van der Waals surface area contributed by atoms with Crippen molar-refractivity contribution in [1.82, 2.24) is 10.2 Å². The second kappa shape index (κ2) is 9.21. The third kappa shape index (κ3) is 4.31. The van der Waals surface area contributed by atoms with Crippen molar-refractivity contribution in [3.8, 4) is 5.75 Å². The maximum absolute atomic E-state index is 13.6.